The van der Waals surface area contributed by atoms with E-state index in [9.17, 15) is 28.8 Å². The van der Waals surface area contributed by atoms with Crippen molar-refractivity contribution in [3.05, 3.63) is 29.3 Å². The third-order valence-electron chi connectivity index (χ3n) is 10.4. The summed E-state index contributed by atoms with van der Waals surface area (Å²) in [6, 6.07) is 4.85. The SMILES string of the molecule is CCCC(OC(=O)[C@@H]1C[C@]2(CC(=O)N(c3cccc(Cl)c3)C2)CN1C(=O)C(NC(=O)CC1CCCCC1)C(C)(C)C)C(=O)C(=O)NC1CC1. The molecule has 4 aliphatic rings. The molecule has 2 unspecified atom stereocenters. The number of nitrogens with zero attached hydrogens (tertiary/aromatic N) is 2. The molecule has 0 radical (unpaired) electrons. The van der Waals surface area contributed by atoms with E-state index in [0.29, 0.717) is 23.6 Å². The molecule has 2 N–H and O–H groups in total. The fourth-order valence-corrected chi connectivity index (χ4v) is 7.74. The van der Waals surface area contributed by atoms with E-state index < -0.39 is 52.6 Å². The van der Waals surface area contributed by atoms with Crippen LogP contribution in [0.3, 0.4) is 0 Å². The summed E-state index contributed by atoms with van der Waals surface area (Å²) in [7, 11) is 0. The Labute approximate surface area is 294 Å². The summed E-state index contributed by atoms with van der Waals surface area (Å²) < 4.78 is 5.80. The minimum atomic E-state index is -1.30. The van der Waals surface area contributed by atoms with Gasteiger partial charge in [0, 0.05) is 48.1 Å². The molecule has 1 spiro atoms. The van der Waals surface area contributed by atoms with Crippen molar-refractivity contribution in [2.24, 2.45) is 16.7 Å². The van der Waals surface area contributed by atoms with Gasteiger partial charge in [0.1, 0.15) is 12.1 Å². The zero-order valence-corrected chi connectivity index (χ0v) is 30.0. The average molecular weight is 699 g/mol. The molecule has 0 bridgehead atoms. The molecular weight excluding hydrogens is 648 g/mol. The molecule has 2 saturated heterocycles. The maximum atomic E-state index is 14.6. The first-order valence-electron chi connectivity index (χ1n) is 17.9. The van der Waals surface area contributed by atoms with E-state index >= 15 is 0 Å². The van der Waals surface area contributed by atoms with Crippen LogP contribution in [0.4, 0.5) is 5.69 Å². The van der Waals surface area contributed by atoms with E-state index in [2.05, 4.69) is 10.6 Å². The van der Waals surface area contributed by atoms with Crippen LogP contribution in [-0.2, 0) is 33.5 Å². The van der Waals surface area contributed by atoms with Crippen molar-refractivity contribution in [2.45, 2.75) is 129 Å². The summed E-state index contributed by atoms with van der Waals surface area (Å²) >= 11 is 6.24. The minimum absolute atomic E-state index is 0.0396. The first kappa shape index (κ1) is 36.8. The number of halogens is 1. The summed E-state index contributed by atoms with van der Waals surface area (Å²) in [5, 5.41) is 6.16. The third-order valence-corrected chi connectivity index (χ3v) is 10.6. The summed E-state index contributed by atoms with van der Waals surface area (Å²) in [5.41, 5.74) is -0.874. The summed E-state index contributed by atoms with van der Waals surface area (Å²) in [6.07, 6.45) is 6.80. The molecule has 2 heterocycles. The largest absolute Gasteiger partial charge is 0.452 e. The lowest BCUT2D eigenvalue weighted by Gasteiger charge is -2.36. The van der Waals surface area contributed by atoms with Crippen molar-refractivity contribution in [2.75, 3.05) is 18.0 Å². The molecule has 2 saturated carbocycles. The highest BCUT2D eigenvalue weighted by atomic mass is 35.5. The molecule has 2 aliphatic carbocycles. The molecule has 12 heteroatoms. The minimum Gasteiger partial charge on any atom is -0.452 e. The van der Waals surface area contributed by atoms with Crippen LogP contribution in [0, 0.1) is 16.7 Å². The highest BCUT2D eigenvalue weighted by Crippen LogP contribution is 2.46. The zero-order valence-electron chi connectivity index (χ0n) is 29.2. The first-order valence-corrected chi connectivity index (χ1v) is 18.3. The van der Waals surface area contributed by atoms with Crippen LogP contribution in [0.2, 0.25) is 5.02 Å². The van der Waals surface area contributed by atoms with Gasteiger partial charge in [-0.05, 0) is 68.1 Å². The fraction of sp³-hybridized carbons (Fsp3) is 0.676. The number of amides is 4. The van der Waals surface area contributed by atoms with Crippen molar-refractivity contribution in [3.8, 4) is 0 Å². The molecule has 0 aromatic heterocycles. The predicted molar refractivity (Wildman–Crippen MR) is 185 cm³/mol. The van der Waals surface area contributed by atoms with E-state index in [0.717, 1.165) is 38.5 Å². The number of rotatable bonds is 12. The van der Waals surface area contributed by atoms with Crippen molar-refractivity contribution >= 4 is 52.7 Å². The van der Waals surface area contributed by atoms with Gasteiger partial charge in [0.15, 0.2) is 6.10 Å². The van der Waals surface area contributed by atoms with Crippen LogP contribution in [-0.4, -0.2) is 77.6 Å². The topological polar surface area (TPSA) is 142 Å². The smallest absolute Gasteiger partial charge is 0.329 e. The summed E-state index contributed by atoms with van der Waals surface area (Å²) in [6.45, 7) is 7.74. The van der Waals surface area contributed by atoms with E-state index in [4.69, 9.17) is 16.3 Å². The van der Waals surface area contributed by atoms with Gasteiger partial charge in [-0.25, -0.2) is 4.79 Å². The highest BCUT2D eigenvalue weighted by Gasteiger charge is 2.56. The van der Waals surface area contributed by atoms with Gasteiger partial charge in [0.05, 0.1) is 0 Å². The number of Topliss-reactive ketones (excluding diaryl/α,β-unsaturated/α-hetero) is 1. The molecule has 2 aliphatic heterocycles. The number of carbonyl (C=O) groups excluding carboxylic acids is 6. The van der Waals surface area contributed by atoms with Gasteiger partial charge < -0.3 is 25.2 Å². The second-order valence-electron chi connectivity index (χ2n) is 15.7. The van der Waals surface area contributed by atoms with Gasteiger partial charge >= 0.3 is 5.97 Å². The van der Waals surface area contributed by atoms with Crippen molar-refractivity contribution in [1.29, 1.82) is 0 Å². The Morgan fingerprint density at radius 1 is 1.04 bits per heavy atom. The van der Waals surface area contributed by atoms with Crippen LogP contribution >= 0.6 is 11.6 Å². The molecule has 1 aromatic rings. The van der Waals surface area contributed by atoms with E-state index in [1.807, 2.05) is 27.7 Å². The predicted octanol–water partition coefficient (Wildman–Crippen LogP) is 4.72. The number of hydrogen-bond donors (Lipinski definition) is 2. The van der Waals surface area contributed by atoms with Gasteiger partial charge in [0.2, 0.25) is 17.7 Å². The van der Waals surface area contributed by atoms with Gasteiger partial charge in [-0.15, -0.1) is 0 Å². The number of esters is 1. The van der Waals surface area contributed by atoms with Crippen LogP contribution < -0.4 is 15.5 Å². The second kappa shape index (κ2) is 15.2. The Balaban J connectivity index is 1.40. The number of nitrogens with one attached hydrogen (secondary N) is 2. The molecule has 4 fully saturated rings. The van der Waals surface area contributed by atoms with Gasteiger partial charge in [0.25, 0.3) is 11.7 Å². The number of ether oxygens (including phenoxy) is 1. The normalized spacial score (nSPS) is 24.1. The quantitative estimate of drug-likeness (QED) is 0.238. The van der Waals surface area contributed by atoms with E-state index in [-0.39, 0.29) is 56.1 Å². The molecular formula is C37H51ClN4O7. The van der Waals surface area contributed by atoms with Crippen molar-refractivity contribution in [1.82, 2.24) is 15.5 Å². The number of likely N-dealkylation sites (tertiary alicyclic amines) is 1. The van der Waals surface area contributed by atoms with Gasteiger partial charge in [-0.1, -0.05) is 71.0 Å². The Morgan fingerprint density at radius 3 is 2.39 bits per heavy atom. The lowest BCUT2D eigenvalue weighted by molar-refractivity contribution is -0.164. The van der Waals surface area contributed by atoms with Crippen molar-refractivity contribution in [3.63, 3.8) is 0 Å². The monoisotopic (exact) mass is 698 g/mol. The molecule has 5 rings (SSSR count). The molecule has 4 amide bonds. The molecule has 4 atom stereocenters. The molecule has 49 heavy (non-hydrogen) atoms. The number of anilines is 1. The van der Waals surface area contributed by atoms with E-state index in [1.165, 1.54) is 11.3 Å². The van der Waals surface area contributed by atoms with E-state index in [1.54, 1.807) is 29.2 Å². The molecule has 268 valence electrons. The number of benzene rings is 1. The van der Waals surface area contributed by atoms with Crippen molar-refractivity contribution < 1.29 is 33.5 Å². The Hall–Kier alpha value is -3.47. The second-order valence-corrected chi connectivity index (χ2v) is 16.2. The average Bonchev–Trinajstić information content (AvgIpc) is 3.70. The summed E-state index contributed by atoms with van der Waals surface area (Å²) in [4.78, 5) is 84.3. The molecule has 1 aromatic carbocycles. The number of ketones is 1. The van der Waals surface area contributed by atoms with Crippen LogP contribution in [0.15, 0.2) is 24.3 Å². The lowest BCUT2D eigenvalue weighted by Crippen LogP contribution is -2.57. The Kier molecular flexibility index (Phi) is 11.4. The fourth-order valence-electron chi connectivity index (χ4n) is 7.56. The Morgan fingerprint density at radius 2 is 1.76 bits per heavy atom. The maximum Gasteiger partial charge on any atom is 0.329 e. The highest BCUT2D eigenvalue weighted by molar-refractivity contribution is 6.38. The number of hydrogen-bond acceptors (Lipinski definition) is 7. The first-order chi connectivity index (χ1) is 23.2. The number of carbonyl (C=O) groups is 6. The third kappa shape index (κ3) is 9.01. The van der Waals surface area contributed by atoms with Crippen LogP contribution in [0.5, 0.6) is 0 Å². The molecule has 11 nitrogen and oxygen atoms in total. The van der Waals surface area contributed by atoms with Gasteiger partial charge in [-0.3, -0.25) is 24.0 Å². The summed E-state index contributed by atoms with van der Waals surface area (Å²) in [5.74, 6) is -2.93. The van der Waals surface area contributed by atoms with Gasteiger partial charge in [-0.2, -0.15) is 0 Å². The van der Waals surface area contributed by atoms with Crippen LogP contribution in [0.25, 0.3) is 0 Å². The standard InChI is InChI=1S/C37H51ClN4O7/c1-5-10-28(31(45)33(46)39-25-15-16-25)49-35(48)27-19-37(20-30(44)41(21-37)26-14-9-13-24(38)18-26)22-42(27)34(47)32(36(2,3)4)40-29(43)17-23-11-7-6-8-12-23/h9,13-14,18,23,25,27-28,32H,5-8,10-12,15-17,19-22H2,1-4H3,(H,39,46)(H,40,43)/t27-,28?,32?,37+/m0/s1. The Bertz CT molecular complexity index is 1450. The zero-order chi connectivity index (χ0) is 35.5. The maximum absolute atomic E-state index is 14.6. The van der Waals surface area contributed by atoms with Crippen LogP contribution in [0.1, 0.15) is 105 Å². The lowest BCUT2D eigenvalue weighted by atomic mass is 9.84.